The lowest BCUT2D eigenvalue weighted by molar-refractivity contribution is -0.146. The summed E-state index contributed by atoms with van der Waals surface area (Å²) in [5.41, 5.74) is 0.548. The summed E-state index contributed by atoms with van der Waals surface area (Å²) < 4.78 is 5.22. The third-order valence-corrected chi connectivity index (χ3v) is 6.08. The molecule has 2 aliphatic carbocycles. The van der Waals surface area contributed by atoms with Crippen molar-refractivity contribution in [2.45, 2.75) is 45.6 Å². The molecule has 3 aliphatic rings. The van der Waals surface area contributed by atoms with E-state index < -0.39 is 5.41 Å². The molecule has 0 bridgehead atoms. The van der Waals surface area contributed by atoms with Gasteiger partial charge in [-0.15, -0.1) is 0 Å². The van der Waals surface area contributed by atoms with Crippen molar-refractivity contribution in [3.8, 4) is 0 Å². The van der Waals surface area contributed by atoms with Crippen molar-refractivity contribution in [3.05, 3.63) is 12.2 Å². The van der Waals surface area contributed by atoms with Crippen molar-refractivity contribution in [3.63, 3.8) is 0 Å². The normalized spacial score (nSPS) is 51.6. The number of aliphatic hydroxyl groups excluding tert-OH is 1. The Balaban J connectivity index is 1.98. The van der Waals surface area contributed by atoms with Crippen LogP contribution in [0.5, 0.6) is 0 Å². The number of fused-ring (bicyclic) bond motifs is 1. The Morgan fingerprint density at radius 2 is 2.17 bits per heavy atom. The highest BCUT2D eigenvalue weighted by molar-refractivity contribution is 5.84. The molecule has 100 valence electrons. The van der Waals surface area contributed by atoms with Crippen molar-refractivity contribution in [1.82, 2.24) is 0 Å². The summed E-state index contributed by atoms with van der Waals surface area (Å²) in [6.45, 7) is 8.81. The molecule has 1 spiro atoms. The molecular formula is C15H22O3. The van der Waals surface area contributed by atoms with Crippen LogP contribution in [0.25, 0.3) is 0 Å². The number of hydrogen-bond donors (Lipinski definition) is 1. The molecule has 3 nitrogen and oxygen atoms in total. The van der Waals surface area contributed by atoms with Crippen LogP contribution in [0.4, 0.5) is 0 Å². The van der Waals surface area contributed by atoms with Crippen LogP contribution in [0.2, 0.25) is 0 Å². The van der Waals surface area contributed by atoms with Gasteiger partial charge in [0.2, 0.25) is 0 Å². The molecule has 18 heavy (non-hydrogen) atoms. The number of hydrogen-bond acceptors (Lipinski definition) is 3. The van der Waals surface area contributed by atoms with Crippen LogP contribution in [0.1, 0.15) is 39.5 Å². The first-order chi connectivity index (χ1) is 8.40. The second-order valence-electron chi connectivity index (χ2n) is 6.78. The number of esters is 1. The second-order valence-corrected chi connectivity index (χ2v) is 6.78. The minimum Gasteiger partial charge on any atom is -0.460 e. The van der Waals surface area contributed by atoms with Crippen LogP contribution in [0, 0.1) is 22.7 Å². The lowest BCUT2D eigenvalue weighted by Gasteiger charge is -2.44. The first-order valence-electron chi connectivity index (χ1n) is 6.94. The maximum atomic E-state index is 12.1. The third-order valence-electron chi connectivity index (χ3n) is 6.08. The Morgan fingerprint density at radius 1 is 1.44 bits per heavy atom. The lowest BCUT2D eigenvalue weighted by atomic mass is 9.62. The smallest absolute Gasteiger partial charge is 0.316 e. The molecule has 0 aromatic rings. The Labute approximate surface area is 108 Å². The summed E-state index contributed by atoms with van der Waals surface area (Å²) in [4.78, 5) is 12.1. The predicted octanol–water partition coefficient (Wildman–Crippen LogP) is 2.29. The Kier molecular flexibility index (Phi) is 2.44. The third kappa shape index (κ3) is 1.31. The van der Waals surface area contributed by atoms with Crippen LogP contribution < -0.4 is 0 Å². The highest BCUT2D eigenvalue weighted by Crippen LogP contribution is 2.64. The summed E-state index contributed by atoms with van der Waals surface area (Å²) in [7, 11) is 0. The predicted molar refractivity (Wildman–Crippen MR) is 67.8 cm³/mol. The molecule has 0 radical (unpaired) electrons. The van der Waals surface area contributed by atoms with Crippen LogP contribution in [0.3, 0.4) is 0 Å². The molecule has 2 saturated carbocycles. The summed E-state index contributed by atoms with van der Waals surface area (Å²) in [6.07, 6.45) is 3.33. The van der Waals surface area contributed by atoms with Crippen molar-refractivity contribution in [2.75, 3.05) is 6.61 Å². The zero-order valence-corrected chi connectivity index (χ0v) is 11.2. The van der Waals surface area contributed by atoms with Gasteiger partial charge in [-0.3, -0.25) is 4.79 Å². The molecule has 1 aliphatic heterocycles. The number of aliphatic hydroxyl groups is 1. The van der Waals surface area contributed by atoms with Crippen LogP contribution in [0.15, 0.2) is 12.2 Å². The van der Waals surface area contributed by atoms with Gasteiger partial charge in [-0.05, 0) is 48.5 Å². The van der Waals surface area contributed by atoms with Crippen molar-refractivity contribution in [2.24, 2.45) is 22.7 Å². The van der Waals surface area contributed by atoms with Gasteiger partial charge >= 0.3 is 5.97 Å². The molecule has 0 unspecified atom stereocenters. The van der Waals surface area contributed by atoms with Gasteiger partial charge in [0.1, 0.15) is 6.61 Å². The fourth-order valence-corrected chi connectivity index (χ4v) is 4.54. The summed E-state index contributed by atoms with van der Waals surface area (Å²) in [6, 6.07) is 0. The molecular weight excluding hydrogens is 228 g/mol. The van der Waals surface area contributed by atoms with Gasteiger partial charge in [-0.2, -0.15) is 0 Å². The number of cyclic esters (lactones) is 1. The minimum atomic E-state index is -0.447. The van der Waals surface area contributed by atoms with Crippen molar-refractivity contribution < 1.29 is 14.6 Å². The van der Waals surface area contributed by atoms with Crippen LogP contribution >= 0.6 is 0 Å². The van der Waals surface area contributed by atoms with E-state index in [0.717, 1.165) is 31.3 Å². The summed E-state index contributed by atoms with van der Waals surface area (Å²) >= 11 is 0. The number of carbonyl (C=O) groups excluding carboxylic acids is 1. The van der Waals surface area contributed by atoms with E-state index in [2.05, 4.69) is 20.4 Å². The van der Waals surface area contributed by atoms with E-state index in [0.29, 0.717) is 12.5 Å². The van der Waals surface area contributed by atoms with Gasteiger partial charge in [-0.1, -0.05) is 20.4 Å². The maximum absolute atomic E-state index is 12.1. The Morgan fingerprint density at radius 3 is 2.78 bits per heavy atom. The van der Waals surface area contributed by atoms with E-state index in [4.69, 9.17) is 4.74 Å². The maximum Gasteiger partial charge on any atom is 0.316 e. The quantitative estimate of drug-likeness (QED) is 0.530. The average molecular weight is 250 g/mol. The average Bonchev–Trinajstić information content (AvgIpc) is 2.79. The van der Waals surface area contributed by atoms with Gasteiger partial charge in [0.05, 0.1) is 11.5 Å². The van der Waals surface area contributed by atoms with Gasteiger partial charge < -0.3 is 9.84 Å². The molecule has 5 atom stereocenters. The first kappa shape index (κ1) is 12.2. The molecule has 1 saturated heterocycles. The van der Waals surface area contributed by atoms with Gasteiger partial charge in [0.15, 0.2) is 0 Å². The van der Waals surface area contributed by atoms with E-state index in [9.17, 15) is 9.90 Å². The van der Waals surface area contributed by atoms with E-state index in [1.165, 1.54) is 0 Å². The van der Waals surface area contributed by atoms with E-state index in [1.807, 2.05) is 0 Å². The topological polar surface area (TPSA) is 46.5 Å². The zero-order chi connectivity index (χ0) is 13.1. The van der Waals surface area contributed by atoms with E-state index in [1.54, 1.807) is 0 Å². The molecule has 3 rings (SSSR count). The lowest BCUT2D eigenvalue weighted by Crippen LogP contribution is -2.42. The molecule has 3 fully saturated rings. The molecule has 3 heteroatoms. The largest absolute Gasteiger partial charge is 0.460 e. The fourth-order valence-electron chi connectivity index (χ4n) is 4.54. The SMILES string of the molecule is C=C1COC(=O)[C@@]12C[C@H]1CC[C@@H](O)[C@H](C)[C@@]1(C)C2. The summed E-state index contributed by atoms with van der Waals surface area (Å²) in [5, 5.41) is 10.1. The highest BCUT2D eigenvalue weighted by atomic mass is 16.5. The Hall–Kier alpha value is -0.830. The molecule has 0 amide bonds. The second kappa shape index (κ2) is 3.60. The summed E-state index contributed by atoms with van der Waals surface area (Å²) in [5.74, 6) is 0.680. The zero-order valence-electron chi connectivity index (χ0n) is 11.2. The number of rotatable bonds is 0. The number of carbonyl (C=O) groups is 1. The van der Waals surface area contributed by atoms with E-state index in [-0.39, 0.29) is 23.4 Å². The monoisotopic (exact) mass is 250 g/mol. The van der Waals surface area contributed by atoms with Crippen LogP contribution in [-0.4, -0.2) is 23.8 Å². The van der Waals surface area contributed by atoms with Gasteiger partial charge in [-0.25, -0.2) is 0 Å². The molecule has 0 aromatic heterocycles. The van der Waals surface area contributed by atoms with Crippen molar-refractivity contribution in [1.29, 1.82) is 0 Å². The van der Waals surface area contributed by atoms with Crippen LogP contribution in [-0.2, 0) is 9.53 Å². The molecule has 1 N–H and O–H groups in total. The van der Waals surface area contributed by atoms with Gasteiger partial charge in [0.25, 0.3) is 0 Å². The van der Waals surface area contributed by atoms with Gasteiger partial charge in [0, 0.05) is 0 Å². The molecule has 0 aromatic carbocycles. The number of ether oxygens (including phenoxy) is 1. The highest BCUT2D eigenvalue weighted by Gasteiger charge is 2.63. The first-order valence-corrected chi connectivity index (χ1v) is 6.94. The molecule has 1 heterocycles. The standard InChI is InChI=1S/C15H22O3/c1-9-7-18-13(17)15(9)6-11-4-5-12(16)10(2)14(11,3)8-15/h10-12,16H,1,4-8H2,2-3H3/t10-,11+,12+,14+,15+/m0/s1. The fraction of sp³-hybridized carbons (Fsp3) is 0.800. The van der Waals surface area contributed by atoms with E-state index >= 15 is 0 Å². The Bertz CT molecular complexity index is 398. The minimum absolute atomic E-state index is 0.0456. The van der Waals surface area contributed by atoms with Crippen molar-refractivity contribution >= 4 is 5.97 Å².